The van der Waals surface area contributed by atoms with Crippen LogP contribution in [0.1, 0.15) is 24.1 Å². The van der Waals surface area contributed by atoms with Crippen LogP contribution in [0.5, 0.6) is 0 Å². The smallest absolute Gasteiger partial charge is 0.319 e. The highest BCUT2D eigenvalue weighted by atomic mass is 16.2. The molecule has 0 saturated heterocycles. The number of primary amides is 1. The molecule has 0 aliphatic rings. The fraction of sp³-hybridized carbons (Fsp3) is 0.176. The quantitative estimate of drug-likeness (QED) is 0.766. The molecule has 0 radical (unpaired) electrons. The van der Waals surface area contributed by atoms with Gasteiger partial charge in [-0.3, -0.25) is 10.1 Å². The van der Waals surface area contributed by atoms with Crippen molar-refractivity contribution in [3.8, 4) is 0 Å². The summed E-state index contributed by atoms with van der Waals surface area (Å²) in [6, 6.07) is 18.5. The van der Waals surface area contributed by atoms with Crippen LogP contribution in [0.3, 0.4) is 0 Å². The van der Waals surface area contributed by atoms with E-state index < -0.39 is 18.0 Å². The molecule has 22 heavy (non-hydrogen) atoms. The number of hydrogen-bond donors (Lipinski definition) is 3. The molecule has 5 heteroatoms. The van der Waals surface area contributed by atoms with E-state index >= 15 is 0 Å². The number of hydrogen-bond acceptors (Lipinski definition) is 2. The lowest BCUT2D eigenvalue weighted by molar-refractivity contribution is -0.704. The van der Waals surface area contributed by atoms with Gasteiger partial charge in [0.1, 0.15) is 6.04 Å². The molecular weight excluding hydrogens is 278 g/mol. The highest BCUT2D eigenvalue weighted by molar-refractivity contribution is 5.95. The minimum absolute atomic E-state index is 0.0315. The van der Waals surface area contributed by atoms with Crippen molar-refractivity contribution in [3.63, 3.8) is 0 Å². The lowest BCUT2D eigenvalue weighted by Gasteiger charge is -2.20. The summed E-state index contributed by atoms with van der Waals surface area (Å²) in [6.07, 6.45) is 0. The minimum atomic E-state index is -0.832. The summed E-state index contributed by atoms with van der Waals surface area (Å²) in [5, 5.41) is 4.04. The summed E-state index contributed by atoms with van der Waals surface area (Å²) in [6.45, 7) is 1.75. The molecule has 2 rings (SSSR count). The second kappa shape index (κ2) is 7.38. The number of carbonyl (C=O) groups excluding carboxylic acids is 2. The zero-order valence-corrected chi connectivity index (χ0v) is 12.4. The van der Waals surface area contributed by atoms with Crippen LogP contribution in [0, 0.1) is 0 Å². The van der Waals surface area contributed by atoms with E-state index in [4.69, 9.17) is 5.73 Å². The number of urea groups is 1. The molecule has 0 heterocycles. The van der Waals surface area contributed by atoms with Crippen LogP contribution in [-0.2, 0) is 4.79 Å². The zero-order valence-electron chi connectivity index (χ0n) is 12.4. The van der Waals surface area contributed by atoms with E-state index in [0.29, 0.717) is 0 Å². The Bertz CT molecular complexity index is 589. The molecule has 0 fully saturated rings. The van der Waals surface area contributed by atoms with Crippen LogP contribution in [0.4, 0.5) is 4.79 Å². The second-order valence-corrected chi connectivity index (χ2v) is 5.13. The Hall–Kier alpha value is -2.66. The molecule has 114 valence electrons. The summed E-state index contributed by atoms with van der Waals surface area (Å²) >= 11 is 0. The second-order valence-electron chi connectivity index (χ2n) is 5.13. The van der Waals surface area contributed by atoms with E-state index in [2.05, 4.69) is 5.32 Å². The number of carbonyl (C=O) groups is 2. The number of amides is 3. The molecule has 0 bridgehead atoms. The largest absolute Gasteiger partial charge is 0.351 e. The van der Waals surface area contributed by atoms with Crippen molar-refractivity contribution in [2.24, 2.45) is 5.73 Å². The molecule has 3 amide bonds. The van der Waals surface area contributed by atoms with Crippen molar-refractivity contribution >= 4 is 11.9 Å². The third-order valence-corrected chi connectivity index (χ3v) is 3.46. The maximum Gasteiger partial charge on any atom is 0.319 e. The summed E-state index contributed by atoms with van der Waals surface area (Å²) in [7, 11) is 0. The summed E-state index contributed by atoms with van der Waals surface area (Å²) in [5.41, 5.74) is 7.18. The van der Waals surface area contributed by atoms with Gasteiger partial charge in [-0.1, -0.05) is 60.7 Å². The molecule has 0 unspecified atom stereocenters. The van der Waals surface area contributed by atoms with E-state index in [1.54, 1.807) is 6.92 Å². The molecule has 1 atom stereocenters. The molecule has 5 nitrogen and oxygen atoms in total. The highest BCUT2D eigenvalue weighted by Crippen LogP contribution is 2.17. The van der Waals surface area contributed by atoms with Crippen molar-refractivity contribution < 1.29 is 14.9 Å². The average molecular weight is 298 g/mol. The van der Waals surface area contributed by atoms with E-state index in [0.717, 1.165) is 11.1 Å². The van der Waals surface area contributed by atoms with Gasteiger partial charge in [-0.2, -0.15) is 0 Å². The van der Waals surface area contributed by atoms with Gasteiger partial charge in [-0.25, -0.2) is 4.79 Å². The van der Waals surface area contributed by atoms with E-state index in [1.165, 1.54) is 0 Å². The number of nitrogens with one attached hydrogen (secondary N) is 1. The first-order valence-electron chi connectivity index (χ1n) is 7.13. The van der Waals surface area contributed by atoms with Crippen molar-refractivity contribution in [3.05, 3.63) is 71.8 Å². The van der Waals surface area contributed by atoms with E-state index in [9.17, 15) is 9.59 Å². The average Bonchev–Trinajstić information content (AvgIpc) is 2.53. The first-order chi connectivity index (χ1) is 10.6. The minimum Gasteiger partial charge on any atom is -0.351 e. The molecule has 0 spiro atoms. The van der Waals surface area contributed by atoms with Gasteiger partial charge in [0.2, 0.25) is 0 Å². The Balaban J connectivity index is 2.23. The summed E-state index contributed by atoms with van der Waals surface area (Å²) in [5.74, 6) is -0.399. The lowest BCUT2D eigenvalue weighted by atomic mass is 9.98. The molecule has 2 aromatic rings. The van der Waals surface area contributed by atoms with Gasteiger partial charge < -0.3 is 11.1 Å². The van der Waals surface area contributed by atoms with Crippen molar-refractivity contribution in [2.45, 2.75) is 19.0 Å². The molecule has 0 aliphatic carbocycles. The Morgan fingerprint density at radius 2 is 1.41 bits per heavy atom. The van der Waals surface area contributed by atoms with Crippen LogP contribution in [0.15, 0.2) is 60.7 Å². The van der Waals surface area contributed by atoms with Crippen LogP contribution < -0.4 is 16.4 Å². The van der Waals surface area contributed by atoms with E-state index in [-0.39, 0.29) is 6.04 Å². The Labute approximate surface area is 129 Å². The zero-order chi connectivity index (χ0) is 15.9. The molecular formula is C17H20N3O2+. The number of quaternary nitrogens is 1. The molecule has 2 aromatic carbocycles. The Kier molecular flexibility index (Phi) is 5.27. The molecule has 0 aromatic heterocycles. The fourth-order valence-corrected chi connectivity index (χ4v) is 2.35. The van der Waals surface area contributed by atoms with Gasteiger partial charge in [-0.15, -0.1) is 0 Å². The van der Waals surface area contributed by atoms with Crippen molar-refractivity contribution in [1.29, 1.82) is 0 Å². The Morgan fingerprint density at radius 1 is 0.955 bits per heavy atom. The molecule has 5 N–H and O–H groups in total. The number of rotatable bonds is 5. The van der Waals surface area contributed by atoms with Crippen LogP contribution in [-0.4, -0.2) is 18.0 Å². The topological polar surface area (TPSA) is 88.8 Å². The van der Waals surface area contributed by atoms with Crippen molar-refractivity contribution in [2.75, 3.05) is 0 Å². The van der Waals surface area contributed by atoms with Crippen molar-refractivity contribution in [1.82, 2.24) is 5.32 Å². The predicted molar refractivity (Wildman–Crippen MR) is 83.8 cm³/mol. The van der Waals surface area contributed by atoms with Gasteiger partial charge in [0, 0.05) is 11.1 Å². The van der Waals surface area contributed by atoms with Crippen LogP contribution >= 0.6 is 0 Å². The Morgan fingerprint density at radius 3 is 1.82 bits per heavy atom. The molecule has 0 aliphatic heterocycles. The third kappa shape index (κ3) is 4.17. The van der Waals surface area contributed by atoms with Gasteiger partial charge >= 0.3 is 6.03 Å². The summed E-state index contributed by atoms with van der Waals surface area (Å²) < 4.78 is 0. The van der Waals surface area contributed by atoms with E-state index in [1.807, 2.05) is 66.0 Å². The number of nitrogens with two attached hydrogens (primary N) is 2. The number of benzene rings is 2. The predicted octanol–water partition coefficient (Wildman–Crippen LogP) is 0.923. The first kappa shape index (κ1) is 15.7. The van der Waals surface area contributed by atoms with Crippen LogP contribution in [0.2, 0.25) is 0 Å². The van der Waals surface area contributed by atoms with Gasteiger partial charge in [-0.05, 0) is 6.92 Å². The monoisotopic (exact) mass is 298 g/mol. The molecule has 0 saturated carbocycles. The van der Waals surface area contributed by atoms with Gasteiger partial charge in [0.15, 0.2) is 6.04 Å². The standard InChI is InChI=1S/C17H19N3O2/c1-12(16(21)20-17(18)22)19-15(13-8-4-2-5-9-13)14-10-6-3-7-11-14/h2-12,15,19H,1H3,(H3,18,20,21,22)/p+1/t12-/m0/s1. The SMILES string of the molecule is C[C@H]([NH2+]C(c1ccccc1)c1ccccc1)C(=O)NC(N)=O. The fourth-order valence-electron chi connectivity index (χ4n) is 2.35. The normalized spacial score (nSPS) is 11.9. The first-order valence-corrected chi connectivity index (χ1v) is 7.13. The third-order valence-electron chi connectivity index (χ3n) is 3.46. The van der Waals surface area contributed by atoms with Gasteiger partial charge in [0.05, 0.1) is 0 Å². The summed E-state index contributed by atoms with van der Waals surface area (Å²) in [4.78, 5) is 22.7. The maximum absolute atomic E-state index is 11.9. The highest BCUT2D eigenvalue weighted by Gasteiger charge is 2.25. The number of imide groups is 1. The lowest BCUT2D eigenvalue weighted by Crippen LogP contribution is -2.93. The van der Waals surface area contributed by atoms with Crippen LogP contribution in [0.25, 0.3) is 0 Å². The maximum atomic E-state index is 11.9. The van der Waals surface area contributed by atoms with Gasteiger partial charge in [0.25, 0.3) is 5.91 Å².